The smallest absolute Gasteiger partial charge is 0.267 e. The van der Waals surface area contributed by atoms with E-state index in [2.05, 4.69) is 19.8 Å². The molecule has 12 heteroatoms. The molecule has 0 atom stereocenters. The number of carbonyl (C=O) groups excluding carboxylic acids is 1. The highest BCUT2D eigenvalue weighted by molar-refractivity contribution is 7.92. The molecule has 1 aliphatic carbocycles. The Hall–Kier alpha value is -4.32. The van der Waals surface area contributed by atoms with E-state index in [-0.39, 0.29) is 34.6 Å². The molecule has 6 rings (SSSR count). The molecule has 3 heterocycles. The van der Waals surface area contributed by atoms with Crippen molar-refractivity contribution in [2.45, 2.75) is 55.9 Å². The normalized spacial score (nSPS) is 16.6. The number of sulfonamides is 1. The lowest BCUT2D eigenvalue weighted by Crippen LogP contribution is -2.60. The van der Waals surface area contributed by atoms with Gasteiger partial charge in [0.1, 0.15) is 16.8 Å². The molecule has 43 heavy (non-hydrogen) atoms. The number of aryl methyl sites for hydroxylation is 3. The van der Waals surface area contributed by atoms with Crippen molar-refractivity contribution in [2.24, 2.45) is 7.05 Å². The number of nitrogens with zero attached hydrogens (tertiary/aromatic N) is 5. The second-order valence-corrected chi connectivity index (χ2v) is 13.0. The first-order valence-electron chi connectivity index (χ1n) is 14.2. The molecular weight excluding hydrogens is 571 g/mol. The molecule has 1 aliphatic heterocycles. The zero-order valence-corrected chi connectivity index (χ0v) is 25.1. The summed E-state index contributed by atoms with van der Waals surface area (Å²) in [6, 6.07) is 14.1. The lowest BCUT2D eigenvalue weighted by Gasteiger charge is -2.43. The number of aromatic nitrogens is 4. The lowest BCUT2D eigenvalue weighted by molar-refractivity contribution is -0.146. The number of likely N-dealkylation sites (tertiary alicyclic amines) is 1. The Bertz CT molecular complexity index is 1780. The van der Waals surface area contributed by atoms with Crippen LogP contribution >= 0.6 is 0 Å². The molecule has 1 saturated heterocycles. The van der Waals surface area contributed by atoms with E-state index in [0.717, 1.165) is 29.5 Å². The first-order chi connectivity index (χ1) is 20.6. The Kier molecular flexibility index (Phi) is 7.41. The van der Waals surface area contributed by atoms with Gasteiger partial charge < -0.3 is 9.64 Å². The first-order valence-corrected chi connectivity index (χ1v) is 15.7. The number of anilines is 1. The summed E-state index contributed by atoms with van der Waals surface area (Å²) in [5.41, 5.74) is 2.86. The molecule has 2 aromatic carbocycles. The van der Waals surface area contributed by atoms with Crippen molar-refractivity contribution >= 4 is 21.9 Å². The van der Waals surface area contributed by atoms with E-state index in [0.29, 0.717) is 37.2 Å². The molecule has 1 saturated carbocycles. The van der Waals surface area contributed by atoms with Crippen LogP contribution in [-0.4, -0.2) is 58.2 Å². The zero-order chi connectivity index (χ0) is 30.4. The summed E-state index contributed by atoms with van der Waals surface area (Å²) >= 11 is 0. The topological polar surface area (TPSA) is 119 Å². The summed E-state index contributed by atoms with van der Waals surface area (Å²) in [6.45, 7) is 4.53. The molecule has 10 nitrogen and oxygen atoms in total. The summed E-state index contributed by atoms with van der Waals surface area (Å²) in [5, 5.41) is 3.95. The van der Waals surface area contributed by atoms with Crippen molar-refractivity contribution in [2.75, 3.05) is 17.8 Å². The average molecular weight is 605 g/mol. The molecule has 1 N–H and O–H groups in total. The van der Waals surface area contributed by atoms with Gasteiger partial charge in [0.15, 0.2) is 0 Å². The Morgan fingerprint density at radius 3 is 2.40 bits per heavy atom. The summed E-state index contributed by atoms with van der Waals surface area (Å²) in [4.78, 5) is 24.3. The van der Waals surface area contributed by atoms with Crippen LogP contribution in [0.1, 0.15) is 42.4 Å². The third-order valence-corrected chi connectivity index (χ3v) is 9.62. The third-order valence-electron chi connectivity index (χ3n) is 8.34. The number of nitrogens with one attached hydrogen (secondary N) is 1. The molecule has 2 aliphatic rings. The number of halogens is 1. The molecular formula is C31H33FN6O4S. The van der Waals surface area contributed by atoms with Crippen LogP contribution < -0.4 is 9.46 Å². The van der Waals surface area contributed by atoms with Crippen LogP contribution in [0, 0.1) is 19.7 Å². The number of hydrogen-bond acceptors (Lipinski definition) is 7. The van der Waals surface area contributed by atoms with Gasteiger partial charge in [-0.1, -0.05) is 49.2 Å². The molecule has 1 amide bonds. The van der Waals surface area contributed by atoms with Crippen LogP contribution in [0.25, 0.3) is 11.3 Å². The van der Waals surface area contributed by atoms with Crippen LogP contribution in [0.3, 0.4) is 0 Å². The maximum absolute atomic E-state index is 14.8. The highest BCUT2D eigenvalue weighted by atomic mass is 32.2. The predicted molar refractivity (Wildman–Crippen MR) is 159 cm³/mol. The molecule has 4 aromatic rings. The van der Waals surface area contributed by atoms with E-state index in [1.54, 1.807) is 36.2 Å². The van der Waals surface area contributed by atoms with Gasteiger partial charge in [-0.3, -0.25) is 9.48 Å². The second-order valence-electron chi connectivity index (χ2n) is 11.4. The number of amides is 1. The SMILES string of the molecule is Cc1cccc(C)c1-c1cc(OC2CN(C(=O)C3(c4ccccc4F)CCCC3)C2)nc(NS(=O)(=O)c2cnn(C)c2)n1. The predicted octanol–water partition coefficient (Wildman–Crippen LogP) is 4.54. The van der Waals surface area contributed by atoms with Gasteiger partial charge in [0, 0.05) is 30.4 Å². The largest absolute Gasteiger partial charge is 0.470 e. The molecule has 2 aromatic heterocycles. The van der Waals surface area contributed by atoms with E-state index >= 15 is 0 Å². The first kappa shape index (κ1) is 28.8. The minimum atomic E-state index is -4.01. The van der Waals surface area contributed by atoms with Crippen LogP contribution in [0.15, 0.2) is 65.8 Å². The average Bonchev–Trinajstić information content (AvgIpc) is 3.61. The summed E-state index contributed by atoms with van der Waals surface area (Å²) < 4.78 is 51.0. The van der Waals surface area contributed by atoms with Crippen LogP contribution in [0.4, 0.5) is 10.3 Å². The van der Waals surface area contributed by atoms with Gasteiger partial charge in [0.05, 0.1) is 30.4 Å². The maximum Gasteiger partial charge on any atom is 0.267 e. The van der Waals surface area contributed by atoms with Crippen molar-refractivity contribution in [3.8, 4) is 17.1 Å². The van der Waals surface area contributed by atoms with Crippen molar-refractivity contribution in [3.63, 3.8) is 0 Å². The maximum atomic E-state index is 14.8. The van der Waals surface area contributed by atoms with E-state index in [1.807, 2.05) is 32.0 Å². The third kappa shape index (κ3) is 5.47. The minimum absolute atomic E-state index is 0.0256. The van der Waals surface area contributed by atoms with E-state index in [1.165, 1.54) is 23.1 Å². The van der Waals surface area contributed by atoms with Gasteiger partial charge in [-0.25, -0.2) is 22.5 Å². The summed E-state index contributed by atoms with van der Waals surface area (Å²) in [6.07, 6.45) is 5.22. The minimum Gasteiger partial charge on any atom is -0.470 e. The number of rotatable bonds is 8. The molecule has 0 radical (unpaired) electrons. The number of carbonyl (C=O) groups is 1. The van der Waals surface area contributed by atoms with Gasteiger partial charge in [-0.2, -0.15) is 10.1 Å². The highest BCUT2D eigenvalue weighted by Gasteiger charge is 2.49. The van der Waals surface area contributed by atoms with Gasteiger partial charge in [0.2, 0.25) is 17.7 Å². The quantitative estimate of drug-likeness (QED) is 0.314. The second kappa shape index (κ2) is 11.1. The van der Waals surface area contributed by atoms with E-state index in [9.17, 15) is 17.6 Å². The van der Waals surface area contributed by atoms with Crippen molar-refractivity contribution in [1.82, 2.24) is 24.6 Å². The molecule has 2 fully saturated rings. The lowest BCUT2D eigenvalue weighted by atomic mass is 9.76. The number of hydrogen-bond donors (Lipinski definition) is 1. The highest BCUT2D eigenvalue weighted by Crippen LogP contribution is 2.44. The van der Waals surface area contributed by atoms with Crippen LogP contribution in [0.5, 0.6) is 5.88 Å². The number of benzene rings is 2. The Morgan fingerprint density at radius 1 is 1.05 bits per heavy atom. The standard InChI is InChI=1S/C31H33FN6O4S/c1-20-9-8-10-21(2)28(20)26-15-27(35-30(34-26)36-43(40,41)23-16-33-37(3)19-23)42-22-17-38(18-22)29(39)31(13-6-7-14-31)24-11-4-5-12-25(24)32/h4-5,8-12,15-16,19,22H,6-7,13-14,17-18H2,1-3H3,(H,34,35,36). The Labute approximate surface area is 250 Å². The van der Waals surface area contributed by atoms with Gasteiger partial charge in [0.25, 0.3) is 10.0 Å². The van der Waals surface area contributed by atoms with Crippen LogP contribution in [-0.2, 0) is 27.3 Å². The Morgan fingerprint density at radius 2 is 1.74 bits per heavy atom. The Balaban J connectivity index is 1.25. The number of ether oxygens (including phenoxy) is 1. The van der Waals surface area contributed by atoms with Gasteiger partial charge >= 0.3 is 0 Å². The van der Waals surface area contributed by atoms with Gasteiger partial charge in [-0.05, 0) is 43.9 Å². The van der Waals surface area contributed by atoms with E-state index < -0.39 is 15.4 Å². The fourth-order valence-corrected chi connectivity index (χ4v) is 7.10. The van der Waals surface area contributed by atoms with Crippen molar-refractivity contribution < 1.29 is 22.3 Å². The van der Waals surface area contributed by atoms with Crippen LogP contribution in [0.2, 0.25) is 0 Å². The summed E-state index contributed by atoms with van der Waals surface area (Å²) in [5.74, 6) is -0.403. The zero-order valence-electron chi connectivity index (χ0n) is 24.2. The van der Waals surface area contributed by atoms with Crippen molar-refractivity contribution in [1.29, 1.82) is 0 Å². The fourth-order valence-electron chi connectivity index (χ4n) is 6.17. The van der Waals surface area contributed by atoms with E-state index in [4.69, 9.17) is 4.74 Å². The summed E-state index contributed by atoms with van der Waals surface area (Å²) in [7, 11) is -2.39. The molecule has 224 valence electrons. The molecule has 0 spiro atoms. The molecule has 0 unspecified atom stereocenters. The monoisotopic (exact) mass is 604 g/mol. The fraction of sp³-hybridized carbons (Fsp3) is 0.355. The van der Waals surface area contributed by atoms with Crippen molar-refractivity contribution in [3.05, 3.63) is 83.4 Å². The van der Waals surface area contributed by atoms with Gasteiger partial charge in [-0.15, -0.1) is 0 Å². The molecule has 0 bridgehead atoms.